The van der Waals surface area contributed by atoms with Gasteiger partial charge < -0.3 is 20.3 Å². The smallest absolute Gasteiger partial charge is 0.347 e. The molecule has 2 aromatic carbocycles. The van der Waals surface area contributed by atoms with E-state index >= 15 is 0 Å². The number of benzene rings is 2. The van der Waals surface area contributed by atoms with Crippen LogP contribution >= 0.6 is 0 Å². The van der Waals surface area contributed by atoms with Crippen molar-refractivity contribution in [2.75, 3.05) is 19.8 Å². The number of carboxylic acid groups (broad SMARTS) is 1. The van der Waals surface area contributed by atoms with Gasteiger partial charge in [-0.1, -0.05) is 42.0 Å². The van der Waals surface area contributed by atoms with Gasteiger partial charge in [0.05, 0.1) is 13.0 Å². The van der Waals surface area contributed by atoms with Crippen LogP contribution < -0.4 is 15.5 Å². The van der Waals surface area contributed by atoms with E-state index < -0.39 is 11.6 Å². The Morgan fingerprint density at radius 2 is 1.74 bits per heavy atom. The standard InChI is InChI=1S/C27H37N3O4/c1-5-33-18-17-29-25(19-22-11-9-20(2)10-12-22)30-24(28)8-6-7-21-13-15-23(16-14-21)34-27(3,4)26(31)32/h9-16H,5-8,17-19H2,1-4H3,(H,31,32)(H2,28,29,30)/p+1. The number of amidine groups is 2. The first-order valence-electron chi connectivity index (χ1n) is 11.8. The van der Waals surface area contributed by atoms with Gasteiger partial charge in [-0.25, -0.2) is 4.79 Å². The van der Waals surface area contributed by atoms with Crippen LogP contribution in [0.25, 0.3) is 0 Å². The Labute approximate surface area is 202 Å². The van der Waals surface area contributed by atoms with Crippen molar-refractivity contribution in [2.45, 2.75) is 59.0 Å². The lowest BCUT2D eigenvalue weighted by molar-refractivity contribution is -0.463. The molecular formula is C27H38N3O4+. The molecule has 0 saturated carbocycles. The zero-order valence-corrected chi connectivity index (χ0v) is 20.8. The Kier molecular flexibility index (Phi) is 10.7. The third kappa shape index (κ3) is 9.75. The molecule has 0 radical (unpaired) electrons. The van der Waals surface area contributed by atoms with E-state index in [1.54, 1.807) is 12.1 Å². The first kappa shape index (κ1) is 27.1. The van der Waals surface area contributed by atoms with Crippen molar-refractivity contribution in [1.82, 2.24) is 0 Å². The summed E-state index contributed by atoms with van der Waals surface area (Å²) in [7, 11) is 0. The highest BCUT2D eigenvalue weighted by Gasteiger charge is 2.29. The number of nitrogens with zero attached hydrogens (tertiary/aromatic N) is 1. The highest BCUT2D eigenvalue weighted by Crippen LogP contribution is 2.20. The highest BCUT2D eigenvalue weighted by molar-refractivity contribution is 5.94. The highest BCUT2D eigenvalue weighted by atomic mass is 16.5. The number of nitrogens with one attached hydrogen (secondary N) is 1. The molecule has 0 spiro atoms. The average Bonchev–Trinajstić information content (AvgIpc) is 2.79. The van der Waals surface area contributed by atoms with Gasteiger partial charge in [0.1, 0.15) is 12.3 Å². The van der Waals surface area contributed by atoms with Crippen LogP contribution in [0.15, 0.2) is 53.5 Å². The number of carboxylic acids is 1. The van der Waals surface area contributed by atoms with Gasteiger partial charge in [0, 0.05) is 13.0 Å². The molecule has 4 N–H and O–H groups in total. The maximum atomic E-state index is 11.2. The molecule has 0 aromatic heterocycles. The molecular weight excluding hydrogens is 430 g/mol. The van der Waals surface area contributed by atoms with Gasteiger partial charge in [0.15, 0.2) is 5.60 Å². The van der Waals surface area contributed by atoms with Gasteiger partial charge in [-0.15, -0.1) is 0 Å². The monoisotopic (exact) mass is 468 g/mol. The topological polar surface area (TPSA) is 108 Å². The van der Waals surface area contributed by atoms with E-state index in [9.17, 15) is 9.90 Å². The number of ether oxygens (including phenoxy) is 2. The van der Waals surface area contributed by atoms with E-state index in [4.69, 9.17) is 15.2 Å². The Morgan fingerprint density at radius 3 is 2.35 bits per heavy atom. The maximum Gasteiger partial charge on any atom is 0.347 e. The summed E-state index contributed by atoms with van der Waals surface area (Å²) in [6.45, 7) is 9.09. The minimum absolute atomic E-state index is 0.533. The van der Waals surface area contributed by atoms with Crippen LogP contribution in [0, 0.1) is 6.92 Å². The van der Waals surface area contributed by atoms with Crippen molar-refractivity contribution in [3.8, 4) is 5.75 Å². The van der Waals surface area contributed by atoms with Gasteiger partial charge in [-0.2, -0.15) is 0 Å². The van der Waals surface area contributed by atoms with Crippen molar-refractivity contribution in [2.24, 2.45) is 10.7 Å². The molecule has 0 aliphatic carbocycles. The van der Waals surface area contributed by atoms with Gasteiger partial charge in [0.25, 0.3) is 5.84 Å². The Balaban J connectivity index is 1.93. The summed E-state index contributed by atoms with van der Waals surface area (Å²) in [5, 5.41) is 9.19. The van der Waals surface area contributed by atoms with Crippen molar-refractivity contribution >= 4 is 17.6 Å². The second-order valence-electron chi connectivity index (χ2n) is 8.75. The summed E-state index contributed by atoms with van der Waals surface area (Å²) in [6, 6.07) is 15.9. The van der Waals surface area contributed by atoms with Crippen molar-refractivity contribution in [1.29, 1.82) is 0 Å². The molecule has 0 saturated heterocycles. The lowest BCUT2D eigenvalue weighted by atomic mass is 10.1. The number of rotatable bonds is 13. The number of hydrogen-bond acceptors (Lipinski definition) is 3. The molecule has 2 rings (SSSR count). The van der Waals surface area contributed by atoms with E-state index in [0.717, 1.165) is 24.2 Å². The quantitative estimate of drug-likeness (QED) is 0.238. The molecule has 0 amide bonds. The molecule has 0 fully saturated rings. The Morgan fingerprint density at radius 1 is 1.09 bits per heavy atom. The number of aliphatic carboxylic acids is 1. The van der Waals surface area contributed by atoms with Crippen LogP contribution in [0.5, 0.6) is 5.75 Å². The van der Waals surface area contributed by atoms with E-state index in [-0.39, 0.29) is 0 Å². The molecule has 7 nitrogen and oxygen atoms in total. The van der Waals surface area contributed by atoms with E-state index in [0.29, 0.717) is 44.2 Å². The fourth-order valence-electron chi connectivity index (χ4n) is 3.22. The van der Waals surface area contributed by atoms with Gasteiger partial charge in [-0.3, -0.25) is 4.99 Å². The third-order valence-electron chi connectivity index (χ3n) is 5.26. The first-order chi connectivity index (χ1) is 16.2. The normalized spacial score (nSPS) is 12.6. The zero-order chi connectivity index (χ0) is 25.0. The minimum atomic E-state index is -1.27. The van der Waals surface area contributed by atoms with E-state index in [2.05, 4.69) is 41.2 Å². The van der Waals surface area contributed by atoms with Gasteiger partial charge in [-0.05, 0) is 68.8 Å². The van der Waals surface area contributed by atoms with Gasteiger partial charge in [0.2, 0.25) is 5.84 Å². The average molecular weight is 469 g/mol. The summed E-state index contributed by atoms with van der Waals surface area (Å²) in [5.74, 6) is 0.959. The van der Waals surface area contributed by atoms with Crippen LogP contribution in [0.1, 0.15) is 50.3 Å². The van der Waals surface area contributed by atoms with Crippen molar-refractivity contribution < 1.29 is 24.4 Å². The Hall–Kier alpha value is -3.19. The fraction of sp³-hybridized carbons (Fsp3) is 0.444. The van der Waals surface area contributed by atoms with Gasteiger partial charge >= 0.3 is 5.97 Å². The molecule has 0 heterocycles. The lowest BCUT2D eigenvalue weighted by Crippen LogP contribution is -2.74. The van der Waals surface area contributed by atoms with E-state index in [1.807, 2.05) is 19.1 Å². The number of nitrogens with two attached hydrogens (primary N) is 1. The van der Waals surface area contributed by atoms with Crippen LogP contribution in [0.4, 0.5) is 0 Å². The second-order valence-corrected chi connectivity index (χ2v) is 8.75. The number of aliphatic imine (C=N–C) groups is 1. The van der Waals surface area contributed by atoms with Crippen molar-refractivity contribution in [3.63, 3.8) is 0 Å². The summed E-state index contributed by atoms with van der Waals surface area (Å²) in [5.41, 5.74) is 8.51. The largest absolute Gasteiger partial charge is 0.478 e. The SMILES string of the molecule is CCOCC[NH+]=C(Cc1ccc(C)cc1)N=C(N)CCCc1ccc(OC(C)(C)C(=O)O)cc1. The molecule has 7 heteroatoms. The molecule has 0 aliphatic rings. The number of carbonyl (C=O) groups is 1. The van der Waals surface area contributed by atoms with Crippen LogP contribution in [-0.2, 0) is 22.4 Å². The van der Waals surface area contributed by atoms with Crippen LogP contribution in [0.3, 0.4) is 0 Å². The maximum absolute atomic E-state index is 11.2. The first-order valence-corrected chi connectivity index (χ1v) is 11.8. The molecule has 34 heavy (non-hydrogen) atoms. The third-order valence-corrected chi connectivity index (χ3v) is 5.26. The molecule has 0 bridgehead atoms. The summed E-state index contributed by atoms with van der Waals surface area (Å²) in [6.07, 6.45) is 3.05. The molecule has 184 valence electrons. The lowest BCUT2D eigenvalue weighted by Gasteiger charge is -2.21. The summed E-state index contributed by atoms with van der Waals surface area (Å²) < 4.78 is 11.0. The van der Waals surface area contributed by atoms with Crippen molar-refractivity contribution in [3.05, 3.63) is 65.2 Å². The molecule has 2 aromatic rings. The summed E-state index contributed by atoms with van der Waals surface area (Å²) >= 11 is 0. The summed E-state index contributed by atoms with van der Waals surface area (Å²) in [4.78, 5) is 19.2. The minimum Gasteiger partial charge on any atom is -0.478 e. The second kappa shape index (κ2) is 13.5. The number of aryl methyl sites for hydroxylation is 2. The van der Waals surface area contributed by atoms with Crippen LogP contribution in [-0.4, -0.2) is 48.1 Å². The zero-order valence-electron chi connectivity index (χ0n) is 20.8. The predicted octanol–water partition coefficient (Wildman–Crippen LogP) is 2.68. The molecule has 0 atom stereocenters. The molecule has 0 aliphatic heterocycles. The van der Waals surface area contributed by atoms with Crippen LogP contribution in [0.2, 0.25) is 0 Å². The number of hydrogen-bond donors (Lipinski definition) is 3. The van der Waals surface area contributed by atoms with E-state index in [1.165, 1.54) is 25.0 Å². The molecule has 0 unspecified atom stereocenters. The Bertz CT molecular complexity index is 964. The predicted molar refractivity (Wildman–Crippen MR) is 136 cm³/mol. The fourth-order valence-corrected chi connectivity index (χ4v) is 3.22.